The van der Waals surface area contributed by atoms with Crippen LogP contribution in [-0.2, 0) is 0 Å². The maximum absolute atomic E-state index is 6.09. The minimum absolute atomic E-state index is 0.286. The van der Waals surface area contributed by atoms with Crippen LogP contribution in [0.5, 0.6) is 0 Å². The summed E-state index contributed by atoms with van der Waals surface area (Å²) in [4.78, 5) is 8.74. The normalized spacial score (nSPS) is 11.1. The Balaban J connectivity index is 2.51. The zero-order valence-corrected chi connectivity index (χ0v) is 13.1. The maximum Gasteiger partial charge on any atom is 0.162 e. The fourth-order valence-corrected chi connectivity index (χ4v) is 2.16. The van der Waals surface area contributed by atoms with Crippen LogP contribution < -0.4 is 5.32 Å². The molecule has 0 aliphatic rings. The van der Waals surface area contributed by atoms with E-state index in [-0.39, 0.29) is 5.92 Å². The highest BCUT2D eigenvalue weighted by molar-refractivity contribution is 6.31. The molecule has 20 heavy (non-hydrogen) atoms. The van der Waals surface area contributed by atoms with Crippen molar-refractivity contribution in [1.29, 1.82) is 0 Å². The zero-order valence-electron chi connectivity index (χ0n) is 12.3. The van der Waals surface area contributed by atoms with Gasteiger partial charge in [-0.1, -0.05) is 32.4 Å². The van der Waals surface area contributed by atoms with Crippen LogP contribution in [0.3, 0.4) is 0 Å². The largest absolute Gasteiger partial charge is 0.370 e. The summed E-state index contributed by atoms with van der Waals surface area (Å²) in [5.74, 6) is 1.94. The molecule has 0 unspecified atom stereocenters. The van der Waals surface area contributed by atoms with Crippen molar-refractivity contribution in [2.45, 2.75) is 40.0 Å². The van der Waals surface area contributed by atoms with Crippen LogP contribution >= 0.6 is 11.6 Å². The molecule has 0 aliphatic heterocycles. The summed E-state index contributed by atoms with van der Waals surface area (Å²) < 4.78 is 1.73. The second kappa shape index (κ2) is 6.22. The van der Waals surface area contributed by atoms with E-state index in [2.05, 4.69) is 41.2 Å². The van der Waals surface area contributed by atoms with Crippen LogP contribution in [0.25, 0.3) is 5.82 Å². The molecular weight excluding hydrogens is 274 g/mol. The first-order valence-electron chi connectivity index (χ1n) is 6.85. The monoisotopic (exact) mass is 293 g/mol. The van der Waals surface area contributed by atoms with Crippen LogP contribution in [0.1, 0.15) is 44.4 Å². The van der Waals surface area contributed by atoms with Gasteiger partial charge in [0.25, 0.3) is 0 Å². The van der Waals surface area contributed by atoms with Crippen molar-refractivity contribution in [3.05, 3.63) is 28.8 Å². The average Bonchev–Trinajstić information content (AvgIpc) is 2.75. The van der Waals surface area contributed by atoms with Crippen molar-refractivity contribution < 1.29 is 0 Å². The molecular formula is C14H20ClN5. The van der Waals surface area contributed by atoms with E-state index in [1.165, 1.54) is 0 Å². The number of halogens is 1. The lowest BCUT2D eigenvalue weighted by atomic mass is 10.0. The molecule has 2 rings (SSSR count). The fourth-order valence-electron chi connectivity index (χ4n) is 2.03. The van der Waals surface area contributed by atoms with E-state index >= 15 is 0 Å². The summed E-state index contributed by atoms with van der Waals surface area (Å²) in [6, 6.07) is 0. The number of hydrogen-bond donors (Lipinski definition) is 1. The van der Waals surface area contributed by atoms with Crippen molar-refractivity contribution in [2.75, 3.05) is 11.9 Å². The van der Waals surface area contributed by atoms with Gasteiger partial charge in [-0.25, -0.2) is 14.6 Å². The standard InChI is InChI=1S/C14H20ClN5/c1-5-6-16-13-12(9(2)3)14(18-8-17-13)20-7-11(15)10(4)19-20/h7-9H,5-6H2,1-4H3,(H,16,17,18). The predicted octanol–water partition coefficient (Wildman–Crippen LogP) is 3.57. The smallest absolute Gasteiger partial charge is 0.162 e. The number of nitrogens with zero attached hydrogens (tertiary/aromatic N) is 4. The van der Waals surface area contributed by atoms with Crippen LogP contribution in [0.15, 0.2) is 12.5 Å². The summed E-state index contributed by atoms with van der Waals surface area (Å²) in [7, 11) is 0. The first-order valence-corrected chi connectivity index (χ1v) is 7.23. The molecule has 2 heterocycles. The van der Waals surface area contributed by atoms with Crippen LogP contribution in [0, 0.1) is 6.92 Å². The van der Waals surface area contributed by atoms with Crippen molar-refractivity contribution in [3.63, 3.8) is 0 Å². The number of rotatable bonds is 5. The molecule has 2 aromatic heterocycles. The highest BCUT2D eigenvalue weighted by Crippen LogP contribution is 2.28. The minimum atomic E-state index is 0.286. The van der Waals surface area contributed by atoms with Crippen LogP contribution in [0.2, 0.25) is 5.02 Å². The molecule has 0 radical (unpaired) electrons. The molecule has 0 amide bonds. The van der Waals surface area contributed by atoms with E-state index in [1.807, 2.05) is 6.92 Å². The maximum atomic E-state index is 6.09. The van der Waals surface area contributed by atoms with Gasteiger partial charge in [-0.15, -0.1) is 0 Å². The Kier molecular flexibility index (Phi) is 4.60. The van der Waals surface area contributed by atoms with Crippen molar-refractivity contribution in [2.24, 2.45) is 0 Å². The SMILES string of the molecule is CCCNc1ncnc(-n2cc(Cl)c(C)n2)c1C(C)C. The van der Waals surface area contributed by atoms with E-state index < -0.39 is 0 Å². The molecule has 6 heteroatoms. The number of aromatic nitrogens is 4. The third kappa shape index (κ3) is 2.93. The van der Waals surface area contributed by atoms with Crippen LogP contribution in [0.4, 0.5) is 5.82 Å². The van der Waals surface area contributed by atoms with Crippen molar-refractivity contribution in [3.8, 4) is 5.82 Å². The van der Waals surface area contributed by atoms with E-state index in [9.17, 15) is 0 Å². The molecule has 0 saturated heterocycles. The predicted molar refractivity (Wildman–Crippen MR) is 81.8 cm³/mol. The number of hydrogen-bond acceptors (Lipinski definition) is 4. The fraction of sp³-hybridized carbons (Fsp3) is 0.500. The van der Waals surface area contributed by atoms with Gasteiger partial charge in [-0.2, -0.15) is 5.10 Å². The molecule has 1 N–H and O–H groups in total. The van der Waals surface area contributed by atoms with E-state index in [1.54, 1.807) is 17.2 Å². The second-order valence-corrected chi connectivity index (χ2v) is 5.46. The van der Waals surface area contributed by atoms with Gasteiger partial charge >= 0.3 is 0 Å². The molecule has 0 spiro atoms. The molecule has 0 fully saturated rings. The summed E-state index contributed by atoms with van der Waals surface area (Å²) in [6.45, 7) is 9.13. The third-order valence-electron chi connectivity index (χ3n) is 3.04. The van der Waals surface area contributed by atoms with Gasteiger partial charge in [0.05, 0.1) is 16.9 Å². The van der Waals surface area contributed by atoms with Crippen molar-refractivity contribution in [1.82, 2.24) is 19.7 Å². The summed E-state index contributed by atoms with van der Waals surface area (Å²) in [5, 5.41) is 8.40. The molecule has 2 aromatic rings. The molecule has 0 atom stereocenters. The Bertz CT molecular complexity index is 572. The summed E-state index contributed by atoms with van der Waals surface area (Å²) >= 11 is 6.09. The van der Waals surface area contributed by atoms with Gasteiger partial charge < -0.3 is 5.32 Å². The number of nitrogens with one attached hydrogen (secondary N) is 1. The summed E-state index contributed by atoms with van der Waals surface area (Å²) in [6.07, 6.45) is 4.39. The Labute approximate surface area is 124 Å². The average molecular weight is 294 g/mol. The molecule has 5 nitrogen and oxygen atoms in total. The Hall–Kier alpha value is -1.62. The first-order chi connectivity index (χ1) is 9.54. The second-order valence-electron chi connectivity index (χ2n) is 5.05. The van der Waals surface area contributed by atoms with E-state index in [0.29, 0.717) is 5.02 Å². The Morgan fingerprint density at radius 3 is 2.65 bits per heavy atom. The Morgan fingerprint density at radius 1 is 1.35 bits per heavy atom. The van der Waals surface area contributed by atoms with Crippen molar-refractivity contribution >= 4 is 17.4 Å². The van der Waals surface area contributed by atoms with Gasteiger partial charge in [-0.05, 0) is 19.3 Å². The van der Waals surface area contributed by atoms with Gasteiger partial charge in [0.2, 0.25) is 0 Å². The van der Waals surface area contributed by atoms with Crippen LogP contribution in [-0.4, -0.2) is 26.3 Å². The van der Waals surface area contributed by atoms with E-state index in [0.717, 1.165) is 35.9 Å². The van der Waals surface area contributed by atoms with Gasteiger partial charge in [0, 0.05) is 12.1 Å². The molecule has 0 aromatic carbocycles. The lowest BCUT2D eigenvalue weighted by Crippen LogP contribution is -2.12. The van der Waals surface area contributed by atoms with E-state index in [4.69, 9.17) is 11.6 Å². The lowest BCUT2D eigenvalue weighted by molar-refractivity contribution is 0.766. The van der Waals surface area contributed by atoms with Gasteiger partial charge in [0.15, 0.2) is 5.82 Å². The number of anilines is 1. The summed E-state index contributed by atoms with van der Waals surface area (Å²) in [5.41, 5.74) is 1.85. The minimum Gasteiger partial charge on any atom is -0.370 e. The molecule has 0 bridgehead atoms. The quantitative estimate of drug-likeness (QED) is 0.915. The topological polar surface area (TPSA) is 55.6 Å². The highest BCUT2D eigenvalue weighted by atomic mass is 35.5. The van der Waals surface area contributed by atoms with Gasteiger partial charge in [0.1, 0.15) is 12.1 Å². The third-order valence-corrected chi connectivity index (χ3v) is 3.41. The molecule has 108 valence electrons. The zero-order chi connectivity index (χ0) is 14.7. The van der Waals surface area contributed by atoms with Gasteiger partial charge in [-0.3, -0.25) is 0 Å². The molecule has 0 aliphatic carbocycles. The molecule has 0 saturated carbocycles. The highest BCUT2D eigenvalue weighted by Gasteiger charge is 2.17. The number of aryl methyl sites for hydroxylation is 1. The first kappa shape index (κ1) is 14.8. The Morgan fingerprint density at radius 2 is 2.10 bits per heavy atom. The lowest BCUT2D eigenvalue weighted by Gasteiger charge is -2.16.